The molecular weight excluding hydrogens is 438 g/mol. The Hall–Kier alpha value is -4.14. The summed E-state index contributed by atoms with van der Waals surface area (Å²) in [7, 11) is 0. The van der Waals surface area contributed by atoms with Crippen LogP contribution in [0, 0.1) is 21.4 Å². The number of rotatable bonds is 7. The van der Waals surface area contributed by atoms with E-state index in [1.54, 1.807) is 19.9 Å². The van der Waals surface area contributed by atoms with Crippen molar-refractivity contribution in [3.63, 3.8) is 0 Å². The second-order valence-electron chi connectivity index (χ2n) is 7.34. The van der Waals surface area contributed by atoms with E-state index in [0.29, 0.717) is 13.1 Å². The maximum absolute atomic E-state index is 12.5. The highest BCUT2D eigenvalue weighted by atomic mass is 16.7. The maximum atomic E-state index is 12.5. The SMILES string of the molecule is CCN(CC)C(=O)/C(C#N)=C/c1cc(OC(=O)OC2(C)CCOC(=O)C2)c(O)c([N+](=O)[O-])c1. The zero-order valence-electron chi connectivity index (χ0n) is 18.3. The first-order valence-electron chi connectivity index (χ1n) is 10.0. The number of amides is 1. The average molecular weight is 461 g/mol. The van der Waals surface area contributed by atoms with Crippen LogP contribution in [0.4, 0.5) is 10.5 Å². The Morgan fingerprint density at radius 3 is 2.61 bits per heavy atom. The predicted molar refractivity (Wildman–Crippen MR) is 112 cm³/mol. The number of carbonyl (C=O) groups is 3. The molecule has 1 aromatic carbocycles. The van der Waals surface area contributed by atoms with Crippen molar-refractivity contribution in [2.45, 2.75) is 39.2 Å². The van der Waals surface area contributed by atoms with Crippen molar-refractivity contribution >= 4 is 29.8 Å². The lowest BCUT2D eigenvalue weighted by Gasteiger charge is -2.31. The van der Waals surface area contributed by atoms with Crippen LogP contribution in [-0.2, 0) is 19.1 Å². The third kappa shape index (κ3) is 6.19. The number of phenolic OH excluding ortho intramolecular Hbond substituents is 1. The van der Waals surface area contributed by atoms with Crippen LogP contribution in [0.2, 0.25) is 0 Å². The number of nitriles is 1. The summed E-state index contributed by atoms with van der Waals surface area (Å²) >= 11 is 0. The highest BCUT2D eigenvalue weighted by Crippen LogP contribution is 2.38. The molecule has 0 spiro atoms. The Labute approximate surface area is 189 Å². The molecule has 12 heteroatoms. The summed E-state index contributed by atoms with van der Waals surface area (Å²) in [4.78, 5) is 48.1. The highest BCUT2D eigenvalue weighted by Gasteiger charge is 2.37. The van der Waals surface area contributed by atoms with Crippen LogP contribution in [0.25, 0.3) is 6.08 Å². The molecule has 176 valence electrons. The normalized spacial score (nSPS) is 18.0. The lowest BCUT2D eigenvalue weighted by molar-refractivity contribution is -0.385. The fraction of sp³-hybridized carbons (Fsp3) is 0.429. The van der Waals surface area contributed by atoms with Gasteiger partial charge >= 0.3 is 17.8 Å². The van der Waals surface area contributed by atoms with Gasteiger partial charge in [-0.15, -0.1) is 0 Å². The number of ether oxygens (including phenoxy) is 3. The number of aromatic hydroxyl groups is 1. The van der Waals surface area contributed by atoms with Gasteiger partial charge in [-0.25, -0.2) is 4.79 Å². The zero-order valence-corrected chi connectivity index (χ0v) is 18.3. The minimum Gasteiger partial charge on any atom is -0.499 e. The molecule has 1 aromatic rings. The number of likely N-dealkylation sites (N-methyl/N-ethyl adjacent to an activating group) is 1. The molecule has 12 nitrogen and oxygen atoms in total. The molecule has 0 saturated carbocycles. The smallest absolute Gasteiger partial charge is 0.499 e. The minimum absolute atomic E-state index is 0.0354. The van der Waals surface area contributed by atoms with Gasteiger partial charge in [-0.05, 0) is 38.5 Å². The molecule has 0 bridgehead atoms. The van der Waals surface area contributed by atoms with Crippen molar-refractivity contribution < 1.29 is 38.6 Å². The van der Waals surface area contributed by atoms with E-state index in [-0.39, 0.29) is 30.6 Å². The number of esters is 1. The summed E-state index contributed by atoms with van der Waals surface area (Å²) in [6.45, 7) is 5.68. The Bertz CT molecular complexity index is 1040. The first-order chi connectivity index (χ1) is 15.5. The molecular formula is C21H23N3O9. The molecule has 1 aliphatic heterocycles. The summed E-state index contributed by atoms with van der Waals surface area (Å²) in [5.74, 6) is -2.72. The number of benzene rings is 1. The molecule has 1 heterocycles. The van der Waals surface area contributed by atoms with Crippen molar-refractivity contribution in [3.8, 4) is 17.6 Å². The van der Waals surface area contributed by atoms with Crippen LogP contribution in [-0.4, -0.2) is 58.3 Å². The second-order valence-corrected chi connectivity index (χ2v) is 7.34. The molecule has 1 fully saturated rings. The summed E-state index contributed by atoms with van der Waals surface area (Å²) in [5, 5.41) is 31.0. The van der Waals surface area contributed by atoms with Crippen molar-refractivity contribution in [1.82, 2.24) is 4.90 Å². The Balaban J connectivity index is 2.38. The van der Waals surface area contributed by atoms with Gasteiger partial charge in [0.15, 0.2) is 5.75 Å². The number of hydrogen-bond donors (Lipinski definition) is 1. The van der Waals surface area contributed by atoms with Gasteiger partial charge in [0, 0.05) is 25.6 Å². The standard InChI is InChI=1S/C21H23N3O9/c1-4-23(5-2)19(27)14(12-22)8-13-9-15(24(29)30)18(26)16(10-13)32-20(28)33-21(3)6-7-31-17(25)11-21/h8-10,26H,4-7,11H2,1-3H3/b14-8+. The first-order valence-corrected chi connectivity index (χ1v) is 10.0. The lowest BCUT2D eigenvalue weighted by Crippen LogP contribution is -2.40. The molecule has 1 saturated heterocycles. The van der Waals surface area contributed by atoms with Crippen LogP contribution in [0.5, 0.6) is 11.5 Å². The lowest BCUT2D eigenvalue weighted by atomic mass is 9.96. The van der Waals surface area contributed by atoms with Crippen LogP contribution in [0.15, 0.2) is 17.7 Å². The van der Waals surface area contributed by atoms with Crippen LogP contribution < -0.4 is 4.74 Å². The highest BCUT2D eigenvalue weighted by molar-refractivity contribution is 6.01. The number of phenols is 1. The van der Waals surface area contributed by atoms with E-state index < -0.39 is 45.7 Å². The quantitative estimate of drug-likeness (QED) is 0.159. The fourth-order valence-corrected chi connectivity index (χ4v) is 3.13. The molecule has 1 amide bonds. The maximum Gasteiger partial charge on any atom is 0.514 e. The number of hydrogen-bond acceptors (Lipinski definition) is 10. The summed E-state index contributed by atoms with van der Waals surface area (Å²) in [6, 6.07) is 3.73. The molecule has 0 aliphatic carbocycles. The van der Waals surface area contributed by atoms with E-state index in [1.165, 1.54) is 11.8 Å². The van der Waals surface area contributed by atoms with Gasteiger partial charge in [-0.1, -0.05) is 0 Å². The number of nitro groups is 1. The molecule has 1 unspecified atom stereocenters. The minimum atomic E-state index is -1.31. The third-order valence-electron chi connectivity index (χ3n) is 4.92. The molecule has 2 rings (SSSR count). The third-order valence-corrected chi connectivity index (χ3v) is 4.92. The topological polar surface area (TPSA) is 169 Å². The van der Waals surface area contributed by atoms with Crippen LogP contribution >= 0.6 is 0 Å². The molecule has 1 aliphatic rings. The summed E-state index contributed by atoms with van der Waals surface area (Å²) in [6.07, 6.45) is -0.223. The number of carbonyl (C=O) groups excluding carboxylic acids is 3. The van der Waals surface area contributed by atoms with Crippen molar-refractivity contribution in [2.75, 3.05) is 19.7 Å². The van der Waals surface area contributed by atoms with E-state index in [2.05, 4.69) is 0 Å². The van der Waals surface area contributed by atoms with E-state index in [4.69, 9.17) is 14.2 Å². The Morgan fingerprint density at radius 2 is 2.06 bits per heavy atom. The van der Waals surface area contributed by atoms with Gasteiger partial charge < -0.3 is 24.2 Å². The van der Waals surface area contributed by atoms with Gasteiger partial charge in [0.1, 0.15) is 17.2 Å². The van der Waals surface area contributed by atoms with Gasteiger partial charge in [0.2, 0.25) is 5.75 Å². The molecule has 33 heavy (non-hydrogen) atoms. The van der Waals surface area contributed by atoms with E-state index in [9.17, 15) is 34.9 Å². The van der Waals surface area contributed by atoms with Gasteiger partial charge in [0.25, 0.3) is 5.91 Å². The monoisotopic (exact) mass is 461 g/mol. The Morgan fingerprint density at radius 1 is 1.39 bits per heavy atom. The predicted octanol–water partition coefficient (Wildman–Crippen LogP) is 2.69. The van der Waals surface area contributed by atoms with Gasteiger partial charge in [-0.3, -0.25) is 19.7 Å². The average Bonchev–Trinajstić information content (AvgIpc) is 2.73. The first kappa shape index (κ1) is 25.1. The molecule has 0 aromatic heterocycles. The van der Waals surface area contributed by atoms with Crippen molar-refractivity contribution in [3.05, 3.63) is 33.4 Å². The van der Waals surface area contributed by atoms with E-state index >= 15 is 0 Å². The Kier molecular flexibility index (Phi) is 7.95. The van der Waals surface area contributed by atoms with Crippen molar-refractivity contribution in [1.29, 1.82) is 5.26 Å². The van der Waals surface area contributed by atoms with E-state index in [1.807, 2.05) is 0 Å². The van der Waals surface area contributed by atoms with Gasteiger partial charge in [0.05, 0.1) is 18.0 Å². The fourth-order valence-electron chi connectivity index (χ4n) is 3.13. The number of nitro benzene ring substituents is 1. The van der Waals surface area contributed by atoms with Gasteiger partial charge in [-0.2, -0.15) is 5.26 Å². The zero-order chi connectivity index (χ0) is 24.8. The largest absolute Gasteiger partial charge is 0.514 e. The second kappa shape index (κ2) is 10.4. The summed E-state index contributed by atoms with van der Waals surface area (Å²) in [5.41, 5.74) is -2.37. The number of cyclic esters (lactones) is 1. The summed E-state index contributed by atoms with van der Waals surface area (Å²) < 4.78 is 14.9. The van der Waals surface area contributed by atoms with Crippen molar-refractivity contribution in [2.24, 2.45) is 0 Å². The van der Waals surface area contributed by atoms with Crippen LogP contribution in [0.1, 0.15) is 39.2 Å². The molecule has 1 N–H and O–H groups in total. The molecule has 0 radical (unpaired) electrons. The molecule has 1 atom stereocenters. The van der Waals surface area contributed by atoms with E-state index in [0.717, 1.165) is 18.2 Å². The number of nitrogens with zero attached hydrogens (tertiary/aromatic N) is 3. The van der Waals surface area contributed by atoms with Crippen LogP contribution in [0.3, 0.4) is 0 Å².